The van der Waals surface area contributed by atoms with Crippen LogP contribution in [-0.2, 0) is 6.42 Å². The molecule has 0 amide bonds. The smallest absolute Gasteiger partial charge is 0.124 e. The van der Waals surface area contributed by atoms with Crippen LogP contribution in [0, 0.1) is 13.8 Å². The van der Waals surface area contributed by atoms with E-state index < -0.39 is 5.60 Å². The molecule has 2 heteroatoms. The fraction of sp³-hybridized carbons (Fsp3) is 0.571. The number of aryl methyl sites for hydroxylation is 3. The van der Waals surface area contributed by atoms with Crippen LogP contribution in [0.3, 0.4) is 0 Å². The summed E-state index contributed by atoms with van der Waals surface area (Å²) in [7, 11) is 1.70. The van der Waals surface area contributed by atoms with E-state index in [0.29, 0.717) is 0 Å². The number of rotatable bonds is 4. The summed E-state index contributed by atoms with van der Waals surface area (Å²) in [5.74, 6) is 0.954. The molecule has 0 fully saturated rings. The maximum Gasteiger partial charge on any atom is 0.124 e. The highest BCUT2D eigenvalue weighted by Crippen LogP contribution is 2.27. The van der Waals surface area contributed by atoms with Gasteiger partial charge in [-0.15, -0.1) is 0 Å². The molecule has 0 bridgehead atoms. The first-order valence-corrected chi connectivity index (χ1v) is 5.70. The fourth-order valence-electron chi connectivity index (χ4n) is 1.96. The normalized spacial score (nSPS) is 11.6. The van der Waals surface area contributed by atoms with Crippen molar-refractivity contribution >= 4 is 0 Å². The maximum absolute atomic E-state index is 9.74. The summed E-state index contributed by atoms with van der Waals surface area (Å²) >= 11 is 0. The summed E-state index contributed by atoms with van der Waals surface area (Å²) in [6, 6.07) is 4.25. The zero-order chi connectivity index (χ0) is 12.3. The van der Waals surface area contributed by atoms with Gasteiger partial charge in [0.2, 0.25) is 0 Å². The van der Waals surface area contributed by atoms with E-state index in [9.17, 15) is 5.11 Å². The maximum atomic E-state index is 9.74. The van der Waals surface area contributed by atoms with E-state index in [1.165, 1.54) is 11.1 Å². The molecule has 90 valence electrons. The summed E-state index contributed by atoms with van der Waals surface area (Å²) in [6.07, 6.45) is 1.58. The molecule has 0 unspecified atom stereocenters. The Hall–Kier alpha value is -1.02. The molecule has 0 radical (unpaired) electrons. The van der Waals surface area contributed by atoms with E-state index in [1.54, 1.807) is 7.11 Å². The molecular weight excluding hydrogens is 200 g/mol. The van der Waals surface area contributed by atoms with Crippen molar-refractivity contribution in [3.63, 3.8) is 0 Å². The third-order valence-corrected chi connectivity index (χ3v) is 2.71. The van der Waals surface area contributed by atoms with Crippen molar-refractivity contribution in [1.82, 2.24) is 0 Å². The van der Waals surface area contributed by atoms with Gasteiger partial charge in [-0.25, -0.2) is 0 Å². The van der Waals surface area contributed by atoms with Gasteiger partial charge >= 0.3 is 0 Å². The first-order valence-electron chi connectivity index (χ1n) is 5.70. The standard InChI is InChI=1S/C14H22O2/c1-10-8-11(2)13(16-5)12(9-10)6-7-14(3,4)15/h8-9,15H,6-7H2,1-5H3. The van der Waals surface area contributed by atoms with Crippen LogP contribution < -0.4 is 4.74 Å². The van der Waals surface area contributed by atoms with E-state index in [2.05, 4.69) is 26.0 Å². The lowest BCUT2D eigenvalue weighted by Gasteiger charge is -2.19. The van der Waals surface area contributed by atoms with Gasteiger partial charge in [-0.2, -0.15) is 0 Å². The minimum atomic E-state index is -0.622. The molecule has 0 spiro atoms. The van der Waals surface area contributed by atoms with Gasteiger partial charge in [-0.05, 0) is 51.7 Å². The van der Waals surface area contributed by atoms with Crippen molar-refractivity contribution in [2.24, 2.45) is 0 Å². The Labute approximate surface area is 98.3 Å². The van der Waals surface area contributed by atoms with Crippen LogP contribution >= 0.6 is 0 Å². The summed E-state index contributed by atoms with van der Waals surface area (Å²) in [6.45, 7) is 7.81. The van der Waals surface area contributed by atoms with Crippen molar-refractivity contribution in [2.45, 2.75) is 46.1 Å². The lowest BCUT2D eigenvalue weighted by Crippen LogP contribution is -2.19. The molecule has 0 aliphatic rings. The van der Waals surface area contributed by atoms with E-state index in [1.807, 2.05) is 13.8 Å². The summed E-state index contributed by atoms with van der Waals surface area (Å²) in [4.78, 5) is 0. The van der Waals surface area contributed by atoms with Crippen molar-refractivity contribution in [3.05, 3.63) is 28.8 Å². The minimum absolute atomic E-state index is 0.622. The average molecular weight is 222 g/mol. The van der Waals surface area contributed by atoms with Crippen molar-refractivity contribution in [3.8, 4) is 5.75 Å². The predicted molar refractivity (Wildman–Crippen MR) is 67.1 cm³/mol. The summed E-state index contributed by atoms with van der Waals surface area (Å²) < 4.78 is 5.41. The highest BCUT2D eigenvalue weighted by atomic mass is 16.5. The first-order chi connectivity index (χ1) is 7.33. The third kappa shape index (κ3) is 3.53. The van der Waals surface area contributed by atoms with Gasteiger partial charge in [0, 0.05) is 0 Å². The fourth-order valence-corrected chi connectivity index (χ4v) is 1.96. The molecule has 0 aromatic heterocycles. The van der Waals surface area contributed by atoms with Crippen molar-refractivity contribution in [2.75, 3.05) is 7.11 Å². The van der Waals surface area contributed by atoms with E-state index in [0.717, 1.165) is 24.2 Å². The molecule has 16 heavy (non-hydrogen) atoms. The van der Waals surface area contributed by atoms with Crippen LogP contribution in [0.15, 0.2) is 12.1 Å². The first kappa shape index (κ1) is 13.0. The van der Waals surface area contributed by atoms with Gasteiger partial charge in [-0.3, -0.25) is 0 Å². The van der Waals surface area contributed by atoms with Crippen molar-refractivity contribution in [1.29, 1.82) is 0 Å². The average Bonchev–Trinajstić information content (AvgIpc) is 2.12. The van der Waals surface area contributed by atoms with Crippen LogP contribution in [0.2, 0.25) is 0 Å². The van der Waals surface area contributed by atoms with Crippen LogP contribution in [0.1, 0.15) is 37.0 Å². The quantitative estimate of drug-likeness (QED) is 0.848. The molecule has 0 aliphatic heterocycles. The lowest BCUT2D eigenvalue weighted by atomic mass is 9.96. The van der Waals surface area contributed by atoms with Gasteiger partial charge in [-0.1, -0.05) is 17.7 Å². The van der Waals surface area contributed by atoms with E-state index in [4.69, 9.17) is 4.74 Å². The second-order valence-electron chi connectivity index (χ2n) is 5.09. The topological polar surface area (TPSA) is 29.5 Å². The Kier molecular flexibility index (Phi) is 3.98. The molecule has 1 aromatic rings. The number of hydrogen-bond donors (Lipinski definition) is 1. The van der Waals surface area contributed by atoms with Crippen LogP contribution in [-0.4, -0.2) is 17.8 Å². The van der Waals surface area contributed by atoms with Gasteiger partial charge in [0.1, 0.15) is 5.75 Å². The Morgan fingerprint density at radius 3 is 2.38 bits per heavy atom. The second-order valence-corrected chi connectivity index (χ2v) is 5.09. The van der Waals surface area contributed by atoms with Gasteiger partial charge in [0.15, 0.2) is 0 Å². The molecule has 0 heterocycles. The van der Waals surface area contributed by atoms with Gasteiger partial charge in [0.25, 0.3) is 0 Å². The molecule has 0 saturated carbocycles. The molecule has 1 rings (SSSR count). The monoisotopic (exact) mass is 222 g/mol. The van der Waals surface area contributed by atoms with E-state index in [-0.39, 0.29) is 0 Å². The number of benzene rings is 1. The van der Waals surface area contributed by atoms with Crippen molar-refractivity contribution < 1.29 is 9.84 Å². The molecule has 1 aromatic carbocycles. The van der Waals surface area contributed by atoms with E-state index >= 15 is 0 Å². The van der Waals surface area contributed by atoms with Crippen LogP contribution in [0.4, 0.5) is 0 Å². The lowest BCUT2D eigenvalue weighted by molar-refractivity contribution is 0.0712. The molecule has 0 atom stereocenters. The molecule has 2 nitrogen and oxygen atoms in total. The summed E-state index contributed by atoms with van der Waals surface area (Å²) in [5.41, 5.74) is 2.96. The summed E-state index contributed by atoms with van der Waals surface area (Å²) in [5, 5.41) is 9.74. The van der Waals surface area contributed by atoms with Gasteiger partial charge < -0.3 is 9.84 Å². The number of aliphatic hydroxyl groups is 1. The predicted octanol–water partition coefficient (Wildman–Crippen LogP) is 3.02. The van der Waals surface area contributed by atoms with Gasteiger partial charge in [0.05, 0.1) is 12.7 Å². The van der Waals surface area contributed by atoms with Crippen LogP contribution in [0.25, 0.3) is 0 Å². The zero-order valence-corrected chi connectivity index (χ0v) is 10.9. The highest BCUT2D eigenvalue weighted by molar-refractivity contribution is 5.43. The molecule has 0 aliphatic carbocycles. The Bertz CT molecular complexity index is 362. The Morgan fingerprint density at radius 1 is 1.25 bits per heavy atom. The number of ether oxygens (including phenoxy) is 1. The largest absolute Gasteiger partial charge is 0.496 e. The number of hydrogen-bond acceptors (Lipinski definition) is 2. The van der Waals surface area contributed by atoms with Crippen LogP contribution in [0.5, 0.6) is 5.75 Å². The minimum Gasteiger partial charge on any atom is -0.496 e. The highest BCUT2D eigenvalue weighted by Gasteiger charge is 2.15. The SMILES string of the molecule is COc1c(C)cc(C)cc1CCC(C)(C)O. The molecule has 1 N–H and O–H groups in total. The Balaban J connectivity index is 2.94. The number of methoxy groups -OCH3 is 1. The second kappa shape index (κ2) is 4.88. The Morgan fingerprint density at radius 2 is 1.88 bits per heavy atom. The third-order valence-electron chi connectivity index (χ3n) is 2.71. The zero-order valence-electron chi connectivity index (χ0n) is 10.9. The molecular formula is C14H22O2. The molecule has 0 saturated heterocycles.